The van der Waals surface area contributed by atoms with Crippen LogP contribution in [0.5, 0.6) is 0 Å². The summed E-state index contributed by atoms with van der Waals surface area (Å²) in [7, 11) is 0. The highest BCUT2D eigenvalue weighted by Gasteiger charge is 2.10. The second kappa shape index (κ2) is 6.12. The van der Waals surface area contributed by atoms with E-state index in [2.05, 4.69) is 20.9 Å². The molecular formula is C18H12BrNO2. The molecule has 0 aliphatic heterocycles. The molecule has 0 radical (unpaired) electrons. The summed E-state index contributed by atoms with van der Waals surface area (Å²) in [6, 6.07) is 16.7. The lowest BCUT2D eigenvalue weighted by molar-refractivity contribution is 0.0699. The molecule has 3 nitrogen and oxygen atoms in total. The summed E-state index contributed by atoms with van der Waals surface area (Å²) < 4.78 is 1.02. The van der Waals surface area contributed by atoms with Gasteiger partial charge in [-0.2, -0.15) is 0 Å². The number of para-hydroxylation sites is 1. The lowest BCUT2D eigenvalue weighted by Gasteiger charge is -2.04. The van der Waals surface area contributed by atoms with E-state index in [1.165, 1.54) is 0 Å². The Morgan fingerprint density at radius 2 is 1.77 bits per heavy atom. The van der Waals surface area contributed by atoms with E-state index in [1.807, 2.05) is 54.6 Å². The van der Waals surface area contributed by atoms with Crippen molar-refractivity contribution in [1.82, 2.24) is 4.98 Å². The minimum Gasteiger partial charge on any atom is -0.478 e. The standard InChI is InChI=1S/C18H12BrNO2/c19-13-8-5-12(6-9-13)7-10-14-11-16(18(21)22)15-3-1-2-4-17(15)20-14/h1-11H,(H,21,22)/b10-7+. The molecule has 1 heterocycles. The maximum absolute atomic E-state index is 11.4. The Balaban J connectivity index is 2.04. The van der Waals surface area contributed by atoms with Crippen LogP contribution in [0.1, 0.15) is 21.6 Å². The number of halogens is 1. The number of hydrogen-bond acceptors (Lipinski definition) is 2. The van der Waals surface area contributed by atoms with E-state index in [4.69, 9.17) is 0 Å². The van der Waals surface area contributed by atoms with Gasteiger partial charge >= 0.3 is 5.97 Å². The molecule has 4 heteroatoms. The summed E-state index contributed by atoms with van der Waals surface area (Å²) in [6.07, 6.45) is 3.73. The van der Waals surface area contributed by atoms with Gasteiger partial charge in [-0.05, 0) is 35.9 Å². The molecular weight excluding hydrogens is 342 g/mol. The molecule has 0 fully saturated rings. The van der Waals surface area contributed by atoms with Gasteiger partial charge in [-0.15, -0.1) is 0 Å². The summed E-state index contributed by atoms with van der Waals surface area (Å²) in [5.41, 5.74) is 2.59. The van der Waals surface area contributed by atoms with E-state index in [-0.39, 0.29) is 5.56 Å². The number of rotatable bonds is 3. The average Bonchev–Trinajstić information content (AvgIpc) is 2.53. The zero-order valence-corrected chi connectivity index (χ0v) is 13.1. The Morgan fingerprint density at radius 1 is 1.05 bits per heavy atom. The average molecular weight is 354 g/mol. The Hall–Kier alpha value is -2.46. The molecule has 1 N–H and O–H groups in total. The lowest BCUT2D eigenvalue weighted by atomic mass is 10.1. The molecule has 22 heavy (non-hydrogen) atoms. The van der Waals surface area contributed by atoms with Crippen molar-refractivity contribution in [3.63, 3.8) is 0 Å². The Labute approximate surface area is 136 Å². The number of benzene rings is 2. The second-order valence-corrected chi connectivity index (χ2v) is 5.72. The van der Waals surface area contributed by atoms with E-state index in [1.54, 1.807) is 12.1 Å². The van der Waals surface area contributed by atoms with Crippen molar-refractivity contribution in [2.24, 2.45) is 0 Å². The minimum absolute atomic E-state index is 0.265. The molecule has 2 aromatic carbocycles. The number of carbonyl (C=O) groups is 1. The quantitative estimate of drug-likeness (QED) is 0.730. The van der Waals surface area contributed by atoms with E-state index >= 15 is 0 Å². The van der Waals surface area contributed by atoms with Crippen LogP contribution >= 0.6 is 15.9 Å². The van der Waals surface area contributed by atoms with Gasteiger partial charge in [0.25, 0.3) is 0 Å². The van der Waals surface area contributed by atoms with Crippen molar-refractivity contribution in [2.75, 3.05) is 0 Å². The molecule has 108 valence electrons. The Morgan fingerprint density at radius 3 is 2.50 bits per heavy atom. The van der Waals surface area contributed by atoms with Crippen LogP contribution < -0.4 is 0 Å². The lowest BCUT2D eigenvalue weighted by Crippen LogP contribution is -2.00. The van der Waals surface area contributed by atoms with Gasteiger partial charge in [-0.25, -0.2) is 9.78 Å². The number of carboxylic acid groups (broad SMARTS) is 1. The van der Waals surface area contributed by atoms with Gasteiger partial charge in [-0.3, -0.25) is 0 Å². The maximum Gasteiger partial charge on any atom is 0.336 e. The zero-order valence-electron chi connectivity index (χ0n) is 11.5. The topological polar surface area (TPSA) is 50.2 Å². The molecule has 0 atom stereocenters. The SMILES string of the molecule is O=C(O)c1cc(/C=C/c2ccc(Br)cc2)nc2ccccc12. The highest BCUT2D eigenvalue weighted by Crippen LogP contribution is 2.20. The van der Waals surface area contributed by atoms with Gasteiger partial charge in [0.2, 0.25) is 0 Å². The minimum atomic E-state index is -0.947. The number of aromatic carboxylic acids is 1. The summed E-state index contributed by atoms with van der Waals surface area (Å²) in [6.45, 7) is 0. The third-order valence-corrected chi connectivity index (χ3v) is 3.81. The number of pyridine rings is 1. The van der Waals surface area contributed by atoms with Crippen LogP contribution in [0, 0.1) is 0 Å². The van der Waals surface area contributed by atoms with Crippen molar-refractivity contribution in [3.8, 4) is 0 Å². The number of aromatic nitrogens is 1. The second-order valence-electron chi connectivity index (χ2n) is 4.80. The number of nitrogens with zero attached hydrogens (tertiary/aromatic N) is 1. The first kappa shape index (κ1) is 14.5. The normalized spacial score (nSPS) is 11.1. The third kappa shape index (κ3) is 3.07. The van der Waals surface area contributed by atoms with Crippen molar-refractivity contribution >= 4 is 45.0 Å². The summed E-state index contributed by atoms with van der Waals surface area (Å²) in [5.74, 6) is -0.947. The van der Waals surface area contributed by atoms with Crippen LogP contribution in [0.15, 0.2) is 59.1 Å². The van der Waals surface area contributed by atoms with Crippen LogP contribution in [-0.4, -0.2) is 16.1 Å². The van der Waals surface area contributed by atoms with Crippen LogP contribution in [0.2, 0.25) is 0 Å². The molecule has 0 saturated heterocycles. The van der Waals surface area contributed by atoms with E-state index in [9.17, 15) is 9.90 Å². The van der Waals surface area contributed by atoms with Gasteiger partial charge in [-0.1, -0.05) is 52.3 Å². The van der Waals surface area contributed by atoms with Crippen molar-refractivity contribution in [2.45, 2.75) is 0 Å². The molecule has 0 aliphatic rings. The molecule has 3 rings (SSSR count). The highest BCUT2D eigenvalue weighted by atomic mass is 79.9. The molecule has 0 aliphatic carbocycles. The first-order valence-corrected chi connectivity index (χ1v) is 7.49. The molecule has 3 aromatic rings. The smallest absolute Gasteiger partial charge is 0.336 e. The Bertz CT molecular complexity index is 870. The predicted octanol–water partition coefficient (Wildman–Crippen LogP) is 4.87. The third-order valence-electron chi connectivity index (χ3n) is 3.28. The summed E-state index contributed by atoms with van der Waals surface area (Å²) in [4.78, 5) is 15.9. The van der Waals surface area contributed by atoms with Gasteiger partial charge in [0.15, 0.2) is 0 Å². The molecule has 0 saturated carbocycles. The van der Waals surface area contributed by atoms with Gasteiger partial charge in [0.1, 0.15) is 0 Å². The van der Waals surface area contributed by atoms with Crippen molar-refractivity contribution < 1.29 is 9.90 Å². The molecule has 0 amide bonds. The fourth-order valence-electron chi connectivity index (χ4n) is 2.21. The molecule has 0 spiro atoms. The predicted molar refractivity (Wildman–Crippen MR) is 91.8 cm³/mol. The van der Waals surface area contributed by atoms with Crippen LogP contribution in [0.4, 0.5) is 0 Å². The summed E-state index contributed by atoms with van der Waals surface area (Å²) >= 11 is 3.39. The van der Waals surface area contributed by atoms with E-state index in [0.29, 0.717) is 16.6 Å². The molecule has 0 unspecified atom stereocenters. The van der Waals surface area contributed by atoms with Crippen LogP contribution in [-0.2, 0) is 0 Å². The fraction of sp³-hybridized carbons (Fsp3) is 0. The van der Waals surface area contributed by atoms with E-state index < -0.39 is 5.97 Å². The molecule has 1 aromatic heterocycles. The van der Waals surface area contributed by atoms with Crippen molar-refractivity contribution in [3.05, 3.63) is 75.9 Å². The fourth-order valence-corrected chi connectivity index (χ4v) is 2.48. The zero-order chi connectivity index (χ0) is 15.5. The highest BCUT2D eigenvalue weighted by molar-refractivity contribution is 9.10. The maximum atomic E-state index is 11.4. The van der Waals surface area contributed by atoms with Crippen LogP contribution in [0.3, 0.4) is 0 Å². The monoisotopic (exact) mass is 353 g/mol. The van der Waals surface area contributed by atoms with Crippen LogP contribution in [0.25, 0.3) is 23.1 Å². The van der Waals surface area contributed by atoms with Crippen molar-refractivity contribution in [1.29, 1.82) is 0 Å². The Kier molecular flexibility index (Phi) is 4.02. The van der Waals surface area contributed by atoms with Gasteiger partial charge in [0.05, 0.1) is 16.8 Å². The molecule has 0 bridgehead atoms. The number of fused-ring (bicyclic) bond motifs is 1. The first-order valence-electron chi connectivity index (χ1n) is 6.70. The van der Waals surface area contributed by atoms with E-state index in [0.717, 1.165) is 10.0 Å². The van der Waals surface area contributed by atoms with Gasteiger partial charge in [0, 0.05) is 9.86 Å². The number of carboxylic acids is 1. The van der Waals surface area contributed by atoms with Gasteiger partial charge < -0.3 is 5.11 Å². The summed E-state index contributed by atoms with van der Waals surface area (Å²) in [5, 5.41) is 10.0. The first-order chi connectivity index (χ1) is 10.6. The number of hydrogen-bond donors (Lipinski definition) is 1. The largest absolute Gasteiger partial charge is 0.478 e.